The standard InChI is InChI=1S/C12H17ClN4/c1-14-9-12-11(13)7-10(8-15-12)17-5-3-16(2)4-6-17/h7-9H,3-6H2,1-2H3/b14-9+. The van der Waals surface area contributed by atoms with Crippen LogP contribution in [0.3, 0.4) is 0 Å². The molecule has 0 aromatic carbocycles. The van der Waals surface area contributed by atoms with Crippen LogP contribution in [0.25, 0.3) is 0 Å². The molecule has 1 saturated heterocycles. The Morgan fingerprint density at radius 1 is 1.35 bits per heavy atom. The third-order valence-electron chi connectivity index (χ3n) is 2.98. The lowest BCUT2D eigenvalue weighted by Gasteiger charge is -2.33. The molecular weight excluding hydrogens is 236 g/mol. The average Bonchev–Trinajstić information content (AvgIpc) is 2.33. The lowest BCUT2D eigenvalue weighted by Crippen LogP contribution is -2.44. The van der Waals surface area contributed by atoms with Crippen LogP contribution in [-0.4, -0.2) is 56.4 Å². The van der Waals surface area contributed by atoms with Gasteiger partial charge in [-0.1, -0.05) is 11.6 Å². The molecule has 0 radical (unpaired) electrons. The summed E-state index contributed by atoms with van der Waals surface area (Å²) in [5.41, 5.74) is 1.82. The Hall–Kier alpha value is -1.13. The Morgan fingerprint density at radius 2 is 2.06 bits per heavy atom. The van der Waals surface area contributed by atoms with Crippen LogP contribution >= 0.6 is 11.6 Å². The van der Waals surface area contributed by atoms with Gasteiger partial charge in [0.15, 0.2) is 0 Å². The van der Waals surface area contributed by atoms with Crippen LogP contribution < -0.4 is 4.90 Å². The van der Waals surface area contributed by atoms with Crippen molar-refractivity contribution in [1.29, 1.82) is 0 Å². The van der Waals surface area contributed by atoms with Crippen molar-refractivity contribution in [3.05, 3.63) is 23.0 Å². The van der Waals surface area contributed by atoms with Crippen molar-refractivity contribution in [2.45, 2.75) is 0 Å². The van der Waals surface area contributed by atoms with Crippen molar-refractivity contribution >= 4 is 23.5 Å². The van der Waals surface area contributed by atoms with E-state index >= 15 is 0 Å². The van der Waals surface area contributed by atoms with E-state index in [1.165, 1.54) is 0 Å². The van der Waals surface area contributed by atoms with Gasteiger partial charge >= 0.3 is 0 Å². The molecule has 1 aromatic heterocycles. The van der Waals surface area contributed by atoms with Gasteiger partial charge in [0, 0.05) is 39.4 Å². The smallest absolute Gasteiger partial charge is 0.0995 e. The minimum Gasteiger partial charge on any atom is -0.368 e. The zero-order valence-electron chi connectivity index (χ0n) is 10.2. The van der Waals surface area contributed by atoms with Gasteiger partial charge in [-0.3, -0.25) is 9.98 Å². The van der Waals surface area contributed by atoms with Crippen molar-refractivity contribution in [2.75, 3.05) is 45.2 Å². The molecule has 0 unspecified atom stereocenters. The van der Waals surface area contributed by atoms with Gasteiger partial charge in [0.2, 0.25) is 0 Å². The first kappa shape index (κ1) is 12.3. The fourth-order valence-corrected chi connectivity index (χ4v) is 2.10. The third-order valence-corrected chi connectivity index (χ3v) is 3.28. The van der Waals surface area contributed by atoms with E-state index in [2.05, 4.69) is 26.8 Å². The summed E-state index contributed by atoms with van der Waals surface area (Å²) >= 11 is 6.17. The van der Waals surface area contributed by atoms with Crippen molar-refractivity contribution in [3.8, 4) is 0 Å². The van der Waals surface area contributed by atoms with E-state index in [9.17, 15) is 0 Å². The number of hydrogen-bond acceptors (Lipinski definition) is 4. The normalized spacial score (nSPS) is 17.9. The molecule has 0 atom stereocenters. The van der Waals surface area contributed by atoms with Gasteiger partial charge < -0.3 is 9.80 Å². The lowest BCUT2D eigenvalue weighted by molar-refractivity contribution is 0.313. The molecule has 1 aromatic rings. The molecule has 0 aliphatic carbocycles. The molecule has 1 aliphatic heterocycles. The summed E-state index contributed by atoms with van der Waals surface area (Å²) in [6, 6.07) is 1.97. The highest BCUT2D eigenvalue weighted by atomic mass is 35.5. The Bertz CT molecular complexity index is 411. The van der Waals surface area contributed by atoms with Gasteiger partial charge in [-0.25, -0.2) is 0 Å². The molecule has 2 heterocycles. The SMILES string of the molecule is C/N=C/c1ncc(N2CCN(C)CC2)cc1Cl. The summed E-state index contributed by atoms with van der Waals surface area (Å²) in [4.78, 5) is 12.9. The second-order valence-electron chi connectivity index (χ2n) is 4.24. The number of piperazine rings is 1. The predicted octanol–water partition coefficient (Wildman–Crippen LogP) is 1.54. The predicted molar refractivity (Wildman–Crippen MR) is 72.5 cm³/mol. The summed E-state index contributed by atoms with van der Waals surface area (Å²) in [6.45, 7) is 4.21. The Kier molecular flexibility index (Phi) is 3.97. The zero-order valence-corrected chi connectivity index (χ0v) is 11.0. The number of likely N-dealkylation sites (N-methyl/N-ethyl adjacent to an activating group) is 1. The number of rotatable bonds is 2. The summed E-state index contributed by atoms with van der Waals surface area (Å²) in [5, 5.41) is 0.659. The molecule has 92 valence electrons. The van der Waals surface area contributed by atoms with Crippen molar-refractivity contribution in [2.24, 2.45) is 4.99 Å². The quantitative estimate of drug-likeness (QED) is 0.749. The van der Waals surface area contributed by atoms with E-state index in [1.807, 2.05) is 12.3 Å². The topological polar surface area (TPSA) is 31.7 Å². The Labute approximate surface area is 107 Å². The molecule has 0 amide bonds. The fourth-order valence-electron chi connectivity index (χ4n) is 1.89. The molecule has 0 bridgehead atoms. The molecule has 0 N–H and O–H groups in total. The van der Waals surface area contributed by atoms with Crippen LogP contribution in [0.5, 0.6) is 0 Å². The first-order valence-corrected chi connectivity index (χ1v) is 6.09. The van der Waals surface area contributed by atoms with Gasteiger partial charge in [-0.05, 0) is 13.1 Å². The van der Waals surface area contributed by atoms with Crippen LogP contribution in [0.2, 0.25) is 5.02 Å². The summed E-state index contributed by atoms with van der Waals surface area (Å²) < 4.78 is 0. The molecule has 0 spiro atoms. The first-order chi connectivity index (χ1) is 8.20. The number of hydrogen-bond donors (Lipinski definition) is 0. The lowest BCUT2D eigenvalue weighted by atomic mass is 10.2. The maximum absolute atomic E-state index is 6.17. The van der Waals surface area contributed by atoms with E-state index < -0.39 is 0 Å². The number of aromatic nitrogens is 1. The number of aliphatic imine (C=N–C) groups is 1. The second kappa shape index (κ2) is 5.47. The molecule has 2 rings (SSSR count). The van der Waals surface area contributed by atoms with E-state index in [0.29, 0.717) is 5.02 Å². The molecule has 4 nitrogen and oxygen atoms in total. The van der Waals surface area contributed by atoms with Crippen LogP contribution in [0.4, 0.5) is 5.69 Å². The highest BCUT2D eigenvalue weighted by Crippen LogP contribution is 2.21. The molecule has 1 aliphatic rings. The molecular formula is C12H17ClN4. The highest BCUT2D eigenvalue weighted by Gasteiger charge is 2.15. The third kappa shape index (κ3) is 2.96. The van der Waals surface area contributed by atoms with E-state index in [1.54, 1.807) is 13.3 Å². The number of halogens is 1. The van der Waals surface area contributed by atoms with E-state index in [-0.39, 0.29) is 0 Å². The monoisotopic (exact) mass is 252 g/mol. The van der Waals surface area contributed by atoms with Crippen LogP contribution in [-0.2, 0) is 0 Å². The summed E-state index contributed by atoms with van der Waals surface area (Å²) in [7, 11) is 3.86. The largest absolute Gasteiger partial charge is 0.368 e. The minimum atomic E-state index is 0.659. The van der Waals surface area contributed by atoms with Crippen molar-refractivity contribution in [1.82, 2.24) is 9.88 Å². The zero-order chi connectivity index (χ0) is 12.3. The van der Waals surface area contributed by atoms with Crippen molar-refractivity contribution in [3.63, 3.8) is 0 Å². The van der Waals surface area contributed by atoms with Crippen LogP contribution in [0, 0.1) is 0 Å². The molecule has 1 fully saturated rings. The summed E-state index contributed by atoms with van der Waals surface area (Å²) in [6.07, 6.45) is 3.55. The number of anilines is 1. The van der Waals surface area contributed by atoms with Gasteiger partial charge in [0.1, 0.15) is 0 Å². The van der Waals surface area contributed by atoms with Gasteiger partial charge in [-0.15, -0.1) is 0 Å². The fraction of sp³-hybridized carbons (Fsp3) is 0.500. The van der Waals surface area contributed by atoms with Gasteiger partial charge in [-0.2, -0.15) is 0 Å². The van der Waals surface area contributed by atoms with Gasteiger partial charge in [0.05, 0.1) is 22.6 Å². The minimum absolute atomic E-state index is 0.659. The maximum atomic E-state index is 6.17. The second-order valence-corrected chi connectivity index (χ2v) is 4.65. The summed E-state index contributed by atoms with van der Waals surface area (Å²) in [5.74, 6) is 0. The number of nitrogens with zero attached hydrogens (tertiary/aromatic N) is 4. The first-order valence-electron chi connectivity index (χ1n) is 5.72. The Morgan fingerprint density at radius 3 is 2.65 bits per heavy atom. The number of pyridine rings is 1. The van der Waals surface area contributed by atoms with Crippen LogP contribution in [0.15, 0.2) is 17.3 Å². The maximum Gasteiger partial charge on any atom is 0.0995 e. The van der Waals surface area contributed by atoms with Crippen LogP contribution in [0.1, 0.15) is 5.69 Å². The molecule has 0 saturated carbocycles. The van der Waals surface area contributed by atoms with E-state index in [4.69, 9.17) is 11.6 Å². The average molecular weight is 253 g/mol. The molecule has 5 heteroatoms. The molecule has 17 heavy (non-hydrogen) atoms. The van der Waals surface area contributed by atoms with Crippen molar-refractivity contribution < 1.29 is 0 Å². The Balaban J connectivity index is 2.14. The highest BCUT2D eigenvalue weighted by molar-refractivity contribution is 6.33. The van der Waals surface area contributed by atoms with Gasteiger partial charge in [0.25, 0.3) is 0 Å². The van der Waals surface area contributed by atoms with E-state index in [0.717, 1.165) is 37.6 Å².